The Bertz CT molecular complexity index is 355. The summed E-state index contributed by atoms with van der Waals surface area (Å²) in [5.74, 6) is 1.25. The zero-order chi connectivity index (χ0) is 13.0. The Morgan fingerprint density at radius 2 is 2.00 bits per heavy atom. The highest BCUT2D eigenvalue weighted by atomic mass is 15.4. The fourth-order valence-corrected chi connectivity index (χ4v) is 2.27. The Morgan fingerprint density at radius 1 is 1.35 bits per heavy atom. The average molecular weight is 238 g/mol. The van der Waals surface area contributed by atoms with E-state index in [1.807, 2.05) is 11.7 Å². The molecule has 0 fully saturated rings. The quantitative estimate of drug-likeness (QED) is 0.823. The van der Waals surface area contributed by atoms with E-state index in [2.05, 4.69) is 49.9 Å². The molecular weight excluding hydrogens is 212 g/mol. The monoisotopic (exact) mass is 238 g/mol. The van der Waals surface area contributed by atoms with E-state index in [0.29, 0.717) is 6.04 Å². The number of hydrogen-bond acceptors (Lipinski definition) is 3. The second-order valence-electron chi connectivity index (χ2n) is 4.67. The van der Waals surface area contributed by atoms with Crippen LogP contribution in [0, 0.1) is 6.92 Å². The van der Waals surface area contributed by atoms with Crippen LogP contribution >= 0.6 is 0 Å². The Hall–Kier alpha value is -1.03. The summed E-state index contributed by atoms with van der Waals surface area (Å²) in [4.78, 5) is 2.40. The third kappa shape index (κ3) is 3.00. The zero-order valence-electron chi connectivity index (χ0n) is 12.0. The molecule has 0 saturated heterocycles. The van der Waals surface area contributed by atoms with E-state index < -0.39 is 0 Å². The maximum Gasteiger partial charge on any atom is 0.131 e. The number of rotatable bonds is 6. The highest BCUT2D eigenvalue weighted by Crippen LogP contribution is 2.24. The van der Waals surface area contributed by atoms with Crippen LogP contribution in [0.4, 0.5) is 5.82 Å². The molecule has 0 unspecified atom stereocenters. The molecular formula is C13H26N4. The van der Waals surface area contributed by atoms with Crippen LogP contribution in [0.25, 0.3) is 0 Å². The van der Waals surface area contributed by atoms with Crippen LogP contribution in [-0.4, -0.2) is 28.9 Å². The van der Waals surface area contributed by atoms with Crippen molar-refractivity contribution in [2.24, 2.45) is 7.05 Å². The predicted molar refractivity (Wildman–Crippen MR) is 73.5 cm³/mol. The van der Waals surface area contributed by atoms with Crippen LogP contribution in [0.15, 0.2) is 0 Å². The van der Waals surface area contributed by atoms with Crippen LogP contribution in [0.5, 0.6) is 0 Å². The molecule has 1 heterocycles. The first-order valence-electron chi connectivity index (χ1n) is 6.52. The van der Waals surface area contributed by atoms with Gasteiger partial charge in [-0.1, -0.05) is 6.92 Å². The minimum atomic E-state index is 0.496. The lowest BCUT2D eigenvalue weighted by atomic mass is 10.2. The smallest absolute Gasteiger partial charge is 0.131 e. The summed E-state index contributed by atoms with van der Waals surface area (Å²) >= 11 is 0. The average Bonchev–Trinajstić information content (AvgIpc) is 2.52. The molecule has 98 valence electrons. The second-order valence-corrected chi connectivity index (χ2v) is 4.67. The van der Waals surface area contributed by atoms with Gasteiger partial charge in [-0.05, 0) is 34.2 Å². The van der Waals surface area contributed by atoms with Gasteiger partial charge in [0.2, 0.25) is 0 Å². The molecule has 1 rings (SSSR count). The minimum absolute atomic E-state index is 0.496. The summed E-state index contributed by atoms with van der Waals surface area (Å²) in [6.45, 7) is 13.8. The first kappa shape index (κ1) is 14.0. The molecule has 1 N–H and O–H groups in total. The van der Waals surface area contributed by atoms with Gasteiger partial charge in [-0.15, -0.1) is 0 Å². The van der Waals surface area contributed by atoms with Crippen molar-refractivity contribution in [3.8, 4) is 0 Å². The van der Waals surface area contributed by atoms with Crippen LogP contribution in [0.1, 0.15) is 39.0 Å². The topological polar surface area (TPSA) is 33.1 Å². The number of anilines is 1. The maximum atomic E-state index is 4.55. The minimum Gasteiger partial charge on any atom is -0.354 e. The normalized spacial score (nSPS) is 11.2. The van der Waals surface area contributed by atoms with Crippen molar-refractivity contribution in [3.63, 3.8) is 0 Å². The largest absolute Gasteiger partial charge is 0.354 e. The third-order valence-electron chi connectivity index (χ3n) is 3.10. The van der Waals surface area contributed by atoms with E-state index in [4.69, 9.17) is 0 Å². The molecule has 0 amide bonds. The number of hydrogen-bond donors (Lipinski definition) is 1. The fraction of sp³-hybridized carbons (Fsp3) is 0.769. The number of aromatic nitrogens is 2. The Kier molecular flexibility index (Phi) is 5.00. The first-order valence-corrected chi connectivity index (χ1v) is 6.52. The van der Waals surface area contributed by atoms with E-state index in [0.717, 1.165) is 25.3 Å². The van der Waals surface area contributed by atoms with Crippen molar-refractivity contribution in [2.45, 2.75) is 47.2 Å². The Balaban J connectivity index is 3.10. The van der Waals surface area contributed by atoms with Crippen molar-refractivity contribution in [2.75, 3.05) is 18.0 Å². The van der Waals surface area contributed by atoms with Gasteiger partial charge in [-0.2, -0.15) is 5.10 Å². The van der Waals surface area contributed by atoms with Gasteiger partial charge in [0.05, 0.1) is 5.69 Å². The summed E-state index contributed by atoms with van der Waals surface area (Å²) in [6, 6.07) is 0.496. The van der Waals surface area contributed by atoms with Crippen LogP contribution in [-0.2, 0) is 13.6 Å². The summed E-state index contributed by atoms with van der Waals surface area (Å²) < 4.78 is 2.01. The highest BCUT2D eigenvalue weighted by molar-refractivity contribution is 5.50. The highest BCUT2D eigenvalue weighted by Gasteiger charge is 2.19. The van der Waals surface area contributed by atoms with Crippen molar-refractivity contribution in [1.82, 2.24) is 15.1 Å². The Labute approximate surface area is 105 Å². The summed E-state index contributed by atoms with van der Waals surface area (Å²) in [7, 11) is 2.03. The molecule has 0 bridgehead atoms. The van der Waals surface area contributed by atoms with Crippen LogP contribution in [0.3, 0.4) is 0 Å². The van der Waals surface area contributed by atoms with E-state index in [1.165, 1.54) is 11.4 Å². The SMILES string of the molecule is CCNCc1c(C)nn(C)c1N(CC)C(C)C. The van der Waals surface area contributed by atoms with Gasteiger partial charge in [0.1, 0.15) is 5.82 Å². The molecule has 4 nitrogen and oxygen atoms in total. The van der Waals surface area contributed by atoms with Crippen LogP contribution < -0.4 is 10.2 Å². The molecule has 1 aromatic rings. The van der Waals surface area contributed by atoms with Crippen molar-refractivity contribution < 1.29 is 0 Å². The molecule has 0 atom stereocenters. The molecule has 0 aliphatic heterocycles. The van der Waals surface area contributed by atoms with Gasteiger partial charge in [0, 0.05) is 31.7 Å². The third-order valence-corrected chi connectivity index (χ3v) is 3.10. The number of aryl methyl sites for hydroxylation is 2. The van der Waals surface area contributed by atoms with Gasteiger partial charge in [0.25, 0.3) is 0 Å². The molecule has 0 aliphatic rings. The van der Waals surface area contributed by atoms with E-state index in [1.54, 1.807) is 0 Å². The lowest BCUT2D eigenvalue weighted by Gasteiger charge is -2.28. The van der Waals surface area contributed by atoms with Gasteiger partial charge in [0.15, 0.2) is 0 Å². The van der Waals surface area contributed by atoms with Gasteiger partial charge in [-0.3, -0.25) is 4.68 Å². The molecule has 0 saturated carbocycles. The van der Waals surface area contributed by atoms with Crippen molar-refractivity contribution >= 4 is 5.82 Å². The molecule has 17 heavy (non-hydrogen) atoms. The number of nitrogens with one attached hydrogen (secondary N) is 1. The molecule has 1 aromatic heterocycles. The lowest BCUT2D eigenvalue weighted by Crippen LogP contribution is -2.33. The van der Waals surface area contributed by atoms with E-state index in [9.17, 15) is 0 Å². The van der Waals surface area contributed by atoms with E-state index in [-0.39, 0.29) is 0 Å². The van der Waals surface area contributed by atoms with Gasteiger partial charge in [-0.25, -0.2) is 0 Å². The molecule has 0 aliphatic carbocycles. The fourth-order valence-electron chi connectivity index (χ4n) is 2.27. The standard InChI is InChI=1S/C13H26N4/c1-7-14-9-12-11(5)15-16(6)13(12)17(8-2)10(3)4/h10,14H,7-9H2,1-6H3. The predicted octanol–water partition coefficient (Wildman–Crippen LogP) is 2.07. The van der Waals surface area contributed by atoms with Crippen molar-refractivity contribution in [3.05, 3.63) is 11.3 Å². The molecule has 4 heteroatoms. The van der Waals surface area contributed by atoms with Crippen molar-refractivity contribution in [1.29, 1.82) is 0 Å². The Morgan fingerprint density at radius 3 is 2.47 bits per heavy atom. The molecule has 0 aromatic carbocycles. The summed E-state index contributed by atoms with van der Waals surface area (Å²) in [6.07, 6.45) is 0. The summed E-state index contributed by atoms with van der Waals surface area (Å²) in [5.41, 5.74) is 2.45. The first-order chi connectivity index (χ1) is 8.02. The zero-order valence-corrected chi connectivity index (χ0v) is 12.0. The lowest BCUT2D eigenvalue weighted by molar-refractivity contribution is 0.642. The molecule has 0 radical (unpaired) electrons. The summed E-state index contributed by atoms with van der Waals surface area (Å²) in [5, 5.41) is 7.95. The van der Waals surface area contributed by atoms with E-state index >= 15 is 0 Å². The van der Waals surface area contributed by atoms with Gasteiger partial charge < -0.3 is 10.2 Å². The number of nitrogens with zero attached hydrogens (tertiary/aromatic N) is 3. The second kappa shape index (κ2) is 6.05. The van der Waals surface area contributed by atoms with Gasteiger partial charge >= 0.3 is 0 Å². The van der Waals surface area contributed by atoms with Crippen LogP contribution in [0.2, 0.25) is 0 Å². The molecule has 0 spiro atoms. The maximum absolute atomic E-state index is 4.55.